The minimum atomic E-state index is 0.0875. The molecule has 1 atom stereocenters. The Morgan fingerprint density at radius 3 is 2.52 bits per heavy atom. The van der Waals surface area contributed by atoms with Crippen LogP contribution in [0, 0.1) is 6.92 Å². The molecule has 0 unspecified atom stereocenters. The van der Waals surface area contributed by atoms with E-state index in [-0.39, 0.29) is 6.04 Å². The summed E-state index contributed by atoms with van der Waals surface area (Å²) < 4.78 is 5.93. The zero-order chi connectivity index (χ0) is 18.8. The molecule has 0 spiro atoms. The van der Waals surface area contributed by atoms with E-state index >= 15 is 0 Å². The maximum absolute atomic E-state index is 6.06. The largest absolute Gasteiger partial charge is 0.419 e. The molecule has 1 saturated heterocycles. The number of para-hydroxylation sites is 1. The number of rotatable bonds is 4. The standard InChI is InChI=1S/C21H23ClN4O/c1-15-6-3-4-9-19(15)26-12-10-25(11-13-26)16(2)20-23-24-21(27-20)17-7-5-8-18(22)14-17/h3-9,14,16H,10-13H2,1-2H3/t16-/m1/s1. The summed E-state index contributed by atoms with van der Waals surface area (Å²) in [5.41, 5.74) is 3.49. The third-order valence-electron chi connectivity index (χ3n) is 5.19. The first-order valence-electron chi connectivity index (χ1n) is 9.26. The van der Waals surface area contributed by atoms with Crippen LogP contribution in [0.1, 0.15) is 24.4 Å². The Morgan fingerprint density at radius 1 is 1.00 bits per heavy atom. The fourth-order valence-corrected chi connectivity index (χ4v) is 3.76. The highest BCUT2D eigenvalue weighted by Crippen LogP contribution is 2.27. The van der Waals surface area contributed by atoms with Gasteiger partial charge in [-0.3, -0.25) is 4.90 Å². The molecule has 1 aromatic heterocycles. The first kappa shape index (κ1) is 18.0. The van der Waals surface area contributed by atoms with Crippen molar-refractivity contribution in [2.45, 2.75) is 19.9 Å². The average molecular weight is 383 g/mol. The molecular weight excluding hydrogens is 360 g/mol. The van der Waals surface area contributed by atoms with Crippen molar-refractivity contribution < 1.29 is 4.42 Å². The molecule has 0 amide bonds. The van der Waals surface area contributed by atoms with Gasteiger partial charge in [-0.15, -0.1) is 10.2 Å². The van der Waals surface area contributed by atoms with Crippen LogP contribution >= 0.6 is 11.6 Å². The lowest BCUT2D eigenvalue weighted by atomic mass is 10.1. The lowest BCUT2D eigenvalue weighted by Gasteiger charge is -2.38. The summed E-state index contributed by atoms with van der Waals surface area (Å²) in [6.07, 6.45) is 0. The zero-order valence-corrected chi connectivity index (χ0v) is 16.4. The maximum Gasteiger partial charge on any atom is 0.247 e. The molecule has 0 radical (unpaired) electrons. The molecule has 2 aromatic carbocycles. The van der Waals surface area contributed by atoms with Crippen molar-refractivity contribution in [1.29, 1.82) is 0 Å². The van der Waals surface area contributed by atoms with E-state index < -0.39 is 0 Å². The van der Waals surface area contributed by atoms with Crippen molar-refractivity contribution in [1.82, 2.24) is 15.1 Å². The number of anilines is 1. The molecule has 5 nitrogen and oxygen atoms in total. The normalized spacial score (nSPS) is 16.5. The molecule has 0 aliphatic carbocycles. The Kier molecular flexibility index (Phi) is 5.14. The fourth-order valence-electron chi connectivity index (χ4n) is 3.57. The van der Waals surface area contributed by atoms with Gasteiger partial charge >= 0.3 is 0 Å². The predicted molar refractivity (Wildman–Crippen MR) is 108 cm³/mol. The SMILES string of the molecule is Cc1ccccc1N1CCN([C@H](C)c2nnc(-c3cccc(Cl)c3)o2)CC1. The predicted octanol–water partition coefficient (Wildman–Crippen LogP) is 4.58. The molecular formula is C21H23ClN4O. The topological polar surface area (TPSA) is 45.4 Å². The van der Waals surface area contributed by atoms with Gasteiger partial charge in [0.15, 0.2) is 0 Å². The van der Waals surface area contributed by atoms with Crippen molar-refractivity contribution in [3.8, 4) is 11.5 Å². The molecule has 0 bridgehead atoms. The summed E-state index contributed by atoms with van der Waals surface area (Å²) >= 11 is 6.06. The highest BCUT2D eigenvalue weighted by atomic mass is 35.5. The van der Waals surface area contributed by atoms with Crippen LogP contribution in [-0.4, -0.2) is 41.3 Å². The second kappa shape index (κ2) is 7.71. The number of hydrogen-bond donors (Lipinski definition) is 0. The molecule has 140 valence electrons. The number of aryl methyl sites for hydroxylation is 1. The van der Waals surface area contributed by atoms with Crippen LogP contribution in [0.5, 0.6) is 0 Å². The van der Waals surface area contributed by atoms with E-state index in [2.05, 4.69) is 58.1 Å². The smallest absolute Gasteiger partial charge is 0.247 e. The van der Waals surface area contributed by atoms with Crippen molar-refractivity contribution in [2.24, 2.45) is 0 Å². The summed E-state index contributed by atoms with van der Waals surface area (Å²) in [4.78, 5) is 4.84. The number of nitrogens with zero attached hydrogens (tertiary/aromatic N) is 4. The molecule has 4 rings (SSSR count). The van der Waals surface area contributed by atoms with Gasteiger partial charge < -0.3 is 9.32 Å². The van der Waals surface area contributed by atoms with Crippen LogP contribution < -0.4 is 4.90 Å². The van der Waals surface area contributed by atoms with E-state index in [4.69, 9.17) is 16.0 Å². The van der Waals surface area contributed by atoms with Crippen LogP contribution in [0.25, 0.3) is 11.5 Å². The minimum Gasteiger partial charge on any atom is -0.419 e. The summed E-state index contributed by atoms with van der Waals surface area (Å²) in [5, 5.41) is 9.14. The number of benzene rings is 2. The van der Waals surface area contributed by atoms with Crippen LogP contribution in [0.4, 0.5) is 5.69 Å². The van der Waals surface area contributed by atoms with E-state index in [0.717, 1.165) is 31.7 Å². The van der Waals surface area contributed by atoms with E-state index in [1.165, 1.54) is 11.3 Å². The van der Waals surface area contributed by atoms with E-state index in [1.54, 1.807) is 0 Å². The first-order valence-corrected chi connectivity index (χ1v) is 9.63. The minimum absolute atomic E-state index is 0.0875. The lowest BCUT2D eigenvalue weighted by molar-refractivity contribution is 0.173. The Hall–Kier alpha value is -2.37. The molecule has 1 aliphatic heterocycles. The molecule has 0 N–H and O–H groups in total. The number of aromatic nitrogens is 2. The molecule has 6 heteroatoms. The Bertz CT molecular complexity index is 918. The van der Waals surface area contributed by atoms with Crippen molar-refractivity contribution in [2.75, 3.05) is 31.1 Å². The van der Waals surface area contributed by atoms with Gasteiger partial charge in [0.2, 0.25) is 11.8 Å². The Labute approximate surface area is 164 Å². The summed E-state index contributed by atoms with van der Waals surface area (Å²) in [5.74, 6) is 1.16. The van der Waals surface area contributed by atoms with Crippen LogP contribution in [0.2, 0.25) is 5.02 Å². The van der Waals surface area contributed by atoms with Crippen molar-refractivity contribution >= 4 is 17.3 Å². The monoisotopic (exact) mass is 382 g/mol. The van der Waals surface area contributed by atoms with Gasteiger partial charge in [0, 0.05) is 42.5 Å². The van der Waals surface area contributed by atoms with E-state index in [9.17, 15) is 0 Å². The Balaban J connectivity index is 1.43. The van der Waals surface area contributed by atoms with Crippen LogP contribution in [0.15, 0.2) is 52.9 Å². The van der Waals surface area contributed by atoms with Gasteiger partial charge in [0.25, 0.3) is 0 Å². The average Bonchev–Trinajstić information content (AvgIpc) is 3.18. The lowest BCUT2D eigenvalue weighted by Crippen LogP contribution is -2.47. The molecule has 1 fully saturated rings. The third-order valence-corrected chi connectivity index (χ3v) is 5.42. The second-order valence-corrected chi connectivity index (χ2v) is 7.38. The van der Waals surface area contributed by atoms with Gasteiger partial charge in [0.1, 0.15) is 0 Å². The zero-order valence-electron chi connectivity index (χ0n) is 15.6. The maximum atomic E-state index is 6.06. The van der Waals surface area contributed by atoms with E-state index in [1.807, 2.05) is 24.3 Å². The number of halogens is 1. The molecule has 1 aliphatic rings. The summed E-state index contributed by atoms with van der Waals surface area (Å²) in [6, 6.07) is 16.1. The van der Waals surface area contributed by atoms with Crippen LogP contribution in [0.3, 0.4) is 0 Å². The van der Waals surface area contributed by atoms with Crippen LogP contribution in [-0.2, 0) is 0 Å². The quantitative estimate of drug-likeness (QED) is 0.660. The highest BCUT2D eigenvalue weighted by Gasteiger charge is 2.26. The first-order chi connectivity index (χ1) is 13.1. The van der Waals surface area contributed by atoms with Gasteiger partial charge in [-0.05, 0) is 43.7 Å². The molecule has 0 saturated carbocycles. The van der Waals surface area contributed by atoms with Gasteiger partial charge in [0.05, 0.1) is 6.04 Å². The number of hydrogen-bond acceptors (Lipinski definition) is 5. The van der Waals surface area contributed by atoms with Crippen molar-refractivity contribution in [3.05, 3.63) is 65.0 Å². The molecule has 3 aromatic rings. The summed E-state index contributed by atoms with van der Waals surface area (Å²) in [7, 11) is 0. The molecule has 2 heterocycles. The van der Waals surface area contributed by atoms with Gasteiger partial charge in [-0.1, -0.05) is 35.9 Å². The second-order valence-electron chi connectivity index (χ2n) is 6.94. The number of piperazine rings is 1. The Morgan fingerprint density at radius 2 is 1.78 bits per heavy atom. The van der Waals surface area contributed by atoms with Crippen molar-refractivity contribution in [3.63, 3.8) is 0 Å². The highest BCUT2D eigenvalue weighted by molar-refractivity contribution is 6.30. The van der Waals surface area contributed by atoms with Gasteiger partial charge in [-0.25, -0.2) is 0 Å². The fraction of sp³-hybridized carbons (Fsp3) is 0.333. The third kappa shape index (κ3) is 3.84. The van der Waals surface area contributed by atoms with E-state index in [0.29, 0.717) is 16.8 Å². The molecule has 27 heavy (non-hydrogen) atoms. The van der Waals surface area contributed by atoms with Gasteiger partial charge in [-0.2, -0.15) is 0 Å². The summed E-state index contributed by atoms with van der Waals surface area (Å²) in [6.45, 7) is 8.20.